The number of halogens is 1. The van der Waals surface area contributed by atoms with Gasteiger partial charge in [0.15, 0.2) is 0 Å². The summed E-state index contributed by atoms with van der Waals surface area (Å²) in [6, 6.07) is 6.46. The summed E-state index contributed by atoms with van der Waals surface area (Å²) in [4.78, 5) is 11.2. The van der Waals surface area contributed by atoms with Crippen LogP contribution in [0.3, 0.4) is 0 Å². The molecule has 4 nitrogen and oxygen atoms in total. The molecule has 3 rings (SSSR count). The third-order valence-corrected chi connectivity index (χ3v) is 2.63. The van der Waals surface area contributed by atoms with E-state index in [9.17, 15) is 4.39 Å². The fourth-order valence-corrected chi connectivity index (χ4v) is 1.77. The predicted molar refractivity (Wildman–Crippen MR) is 59.6 cm³/mol. The molecule has 2 aromatic heterocycles. The van der Waals surface area contributed by atoms with Gasteiger partial charge in [0.25, 0.3) is 5.65 Å². The van der Waals surface area contributed by atoms with Crippen LogP contribution in [0.4, 0.5) is 4.39 Å². The number of hydrogen-bond acceptors (Lipinski definition) is 2. The summed E-state index contributed by atoms with van der Waals surface area (Å²) in [5, 5.41) is 0. The standard InChI is InChI=1S/C12H9FN4/c13-10-3-1-9(2-4-10)6-17-8-16-12-11(17)5-14-7-15-12/h1-5,7-8H,6H2/p+1. The van der Waals surface area contributed by atoms with Crippen molar-refractivity contribution in [3.05, 3.63) is 54.5 Å². The minimum Gasteiger partial charge on any atom is -0.240 e. The number of imidazole rings is 1. The lowest BCUT2D eigenvalue weighted by molar-refractivity contribution is -0.662. The minimum atomic E-state index is -0.221. The molecule has 0 aliphatic rings. The summed E-state index contributed by atoms with van der Waals surface area (Å²) < 4.78 is 14.8. The van der Waals surface area contributed by atoms with Crippen molar-refractivity contribution in [3.63, 3.8) is 0 Å². The lowest BCUT2D eigenvalue weighted by Gasteiger charge is -1.98. The second-order valence-electron chi connectivity index (χ2n) is 3.78. The van der Waals surface area contributed by atoms with Crippen LogP contribution in [0, 0.1) is 5.82 Å². The van der Waals surface area contributed by atoms with Gasteiger partial charge in [-0.25, -0.2) is 18.9 Å². The molecule has 1 N–H and O–H groups in total. The first-order valence-corrected chi connectivity index (χ1v) is 5.24. The van der Waals surface area contributed by atoms with Gasteiger partial charge in [-0.1, -0.05) is 12.1 Å². The highest BCUT2D eigenvalue weighted by Gasteiger charge is 2.10. The van der Waals surface area contributed by atoms with Gasteiger partial charge in [0.2, 0.25) is 11.8 Å². The van der Waals surface area contributed by atoms with Crippen molar-refractivity contribution in [1.29, 1.82) is 0 Å². The molecule has 84 valence electrons. The molecule has 1 aromatic carbocycles. The highest BCUT2D eigenvalue weighted by molar-refractivity contribution is 5.63. The lowest BCUT2D eigenvalue weighted by Crippen LogP contribution is -2.32. The molecule has 0 fully saturated rings. The van der Waals surface area contributed by atoms with Gasteiger partial charge < -0.3 is 0 Å². The van der Waals surface area contributed by atoms with Crippen LogP contribution in [-0.2, 0) is 6.54 Å². The number of benzene rings is 1. The molecule has 0 amide bonds. The van der Waals surface area contributed by atoms with Crippen molar-refractivity contribution < 1.29 is 8.96 Å². The summed E-state index contributed by atoms with van der Waals surface area (Å²) in [5.41, 5.74) is 2.75. The average molecular weight is 229 g/mol. The Balaban J connectivity index is 1.97. The summed E-state index contributed by atoms with van der Waals surface area (Å²) in [5.74, 6) is -0.221. The lowest BCUT2D eigenvalue weighted by atomic mass is 10.2. The normalized spacial score (nSPS) is 10.9. The van der Waals surface area contributed by atoms with E-state index in [1.165, 1.54) is 18.5 Å². The minimum absolute atomic E-state index is 0.221. The van der Waals surface area contributed by atoms with E-state index in [-0.39, 0.29) is 5.82 Å². The van der Waals surface area contributed by atoms with E-state index in [1.54, 1.807) is 18.3 Å². The molecule has 3 aromatic rings. The number of aromatic nitrogens is 4. The van der Waals surface area contributed by atoms with Crippen LogP contribution in [0.5, 0.6) is 0 Å². The Morgan fingerprint density at radius 3 is 2.88 bits per heavy atom. The van der Waals surface area contributed by atoms with E-state index in [2.05, 4.69) is 15.0 Å². The molecule has 0 saturated carbocycles. The maximum absolute atomic E-state index is 12.8. The highest BCUT2D eigenvalue weighted by Crippen LogP contribution is 2.05. The molecule has 0 aliphatic carbocycles. The van der Waals surface area contributed by atoms with Gasteiger partial charge in [0.05, 0.1) is 6.20 Å². The van der Waals surface area contributed by atoms with E-state index < -0.39 is 0 Å². The number of aromatic amines is 1. The zero-order valence-corrected chi connectivity index (χ0v) is 8.97. The topological polar surface area (TPSA) is 45.5 Å². The third-order valence-electron chi connectivity index (χ3n) is 2.63. The fourth-order valence-electron chi connectivity index (χ4n) is 1.77. The Kier molecular flexibility index (Phi) is 2.29. The van der Waals surface area contributed by atoms with Crippen molar-refractivity contribution >= 4 is 11.2 Å². The zero-order chi connectivity index (χ0) is 11.7. The van der Waals surface area contributed by atoms with E-state index in [1.807, 2.05) is 10.9 Å². The Morgan fingerprint density at radius 1 is 1.24 bits per heavy atom. The fraction of sp³-hybridized carbons (Fsp3) is 0.0833. The number of hydrogen-bond donors (Lipinski definition) is 1. The molecule has 2 heterocycles. The first-order chi connectivity index (χ1) is 8.33. The zero-order valence-electron chi connectivity index (χ0n) is 8.97. The van der Waals surface area contributed by atoms with Crippen LogP contribution >= 0.6 is 0 Å². The molecule has 0 unspecified atom stereocenters. The quantitative estimate of drug-likeness (QED) is 0.676. The van der Waals surface area contributed by atoms with Crippen LogP contribution in [0.1, 0.15) is 5.56 Å². The third kappa shape index (κ3) is 1.87. The van der Waals surface area contributed by atoms with Crippen LogP contribution in [0.15, 0.2) is 43.1 Å². The molecule has 17 heavy (non-hydrogen) atoms. The Bertz CT molecular complexity index is 645. The van der Waals surface area contributed by atoms with Crippen molar-refractivity contribution in [1.82, 2.24) is 15.0 Å². The van der Waals surface area contributed by atoms with Gasteiger partial charge in [-0.3, -0.25) is 0 Å². The summed E-state index contributed by atoms with van der Waals surface area (Å²) in [7, 11) is 0. The van der Waals surface area contributed by atoms with E-state index >= 15 is 0 Å². The Hall–Kier alpha value is -2.30. The van der Waals surface area contributed by atoms with Gasteiger partial charge in [0, 0.05) is 0 Å². The second kappa shape index (κ2) is 3.93. The van der Waals surface area contributed by atoms with Gasteiger partial charge in [-0.2, -0.15) is 4.98 Å². The molecule has 0 radical (unpaired) electrons. The van der Waals surface area contributed by atoms with Gasteiger partial charge in [0.1, 0.15) is 18.7 Å². The second-order valence-corrected chi connectivity index (χ2v) is 3.78. The predicted octanol–water partition coefficient (Wildman–Crippen LogP) is 1.43. The molecule has 0 bridgehead atoms. The monoisotopic (exact) mass is 229 g/mol. The van der Waals surface area contributed by atoms with E-state index in [4.69, 9.17) is 0 Å². The van der Waals surface area contributed by atoms with Crippen LogP contribution < -0.4 is 4.57 Å². The van der Waals surface area contributed by atoms with Gasteiger partial charge in [-0.15, -0.1) is 0 Å². The molecular formula is C12H10FN4+. The van der Waals surface area contributed by atoms with Crippen molar-refractivity contribution in [2.45, 2.75) is 6.54 Å². The largest absolute Gasteiger partial charge is 0.269 e. The number of H-pyrrole nitrogens is 1. The smallest absolute Gasteiger partial charge is 0.240 e. The Labute approximate surface area is 96.8 Å². The maximum atomic E-state index is 12.8. The van der Waals surface area contributed by atoms with Crippen LogP contribution in [0.2, 0.25) is 0 Å². The summed E-state index contributed by atoms with van der Waals surface area (Å²) in [6.45, 7) is 0.660. The molecule has 5 heteroatoms. The molecular weight excluding hydrogens is 219 g/mol. The van der Waals surface area contributed by atoms with Gasteiger partial charge in [-0.05, 0) is 17.7 Å². The van der Waals surface area contributed by atoms with E-state index in [0.29, 0.717) is 6.54 Å². The van der Waals surface area contributed by atoms with Crippen molar-refractivity contribution in [2.24, 2.45) is 0 Å². The van der Waals surface area contributed by atoms with Gasteiger partial charge >= 0.3 is 0 Å². The highest BCUT2D eigenvalue weighted by atomic mass is 19.1. The summed E-state index contributed by atoms with van der Waals surface area (Å²) >= 11 is 0. The number of rotatable bonds is 2. The number of nitrogens with one attached hydrogen (secondary N) is 1. The SMILES string of the molecule is Fc1ccc(C[n+]2c[nH]c3ncncc32)cc1. The van der Waals surface area contributed by atoms with E-state index in [0.717, 1.165) is 16.7 Å². The Morgan fingerprint density at radius 2 is 2.06 bits per heavy atom. The first-order valence-electron chi connectivity index (χ1n) is 5.24. The molecule has 0 saturated heterocycles. The maximum Gasteiger partial charge on any atom is 0.269 e. The van der Waals surface area contributed by atoms with Crippen molar-refractivity contribution in [3.8, 4) is 0 Å². The number of fused-ring (bicyclic) bond motifs is 1. The van der Waals surface area contributed by atoms with Crippen LogP contribution in [0.25, 0.3) is 11.2 Å². The van der Waals surface area contributed by atoms with Crippen LogP contribution in [-0.4, -0.2) is 15.0 Å². The molecule has 0 atom stereocenters. The first kappa shape index (κ1) is 9.89. The summed E-state index contributed by atoms with van der Waals surface area (Å²) in [6.07, 6.45) is 5.09. The molecule has 0 spiro atoms. The molecule has 0 aliphatic heterocycles. The average Bonchev–Trinajstić information content (AvgIpc) is 2.76. The number of nitrogens with zero attached hydrogens (tertiary/aromatic N) is 3. The van der Waals surface area contributed by atoms with Crippen molar-refractivity contribution in [2.75, 3.05) is 0 Å².